The second kappa shape index (κ2) is 3.50. The molecular formula is C8H4Br2N4S. The Bertz CT molecular complexity index is 583. The van der Waals surface area contributed by atoms with Crippen LogP contribution in [-0.4, -0.2) is 0 Å². The number of fused-ring (bicyclic) bond motifs is 3. The van der Waals surface area contributed by atoms with E-state index in [4.69, 9.17) is 0 Å². The minimum absolute atomic E-state index is 0.923. The smallest absolute Gasteiger partial charge is 0.116 e. The third-order valence-electron chi connectivity index (χ3n) is 2.09. The molecule has 2 heterocycles. The topological polar surface area (TPSA) is 40.0 Å². The van der Waals surface area contributed by atoms with Gasteiger partial charge < -0.3 is 0 Å². The normalized spacial score (nSPS) is 16.3. The van der Waals surface area contributed by atoms with Gasteiger partial charge in [-0.05, 0) is 22.0 Å². The van der Waals surface area contributed by atoms with E-state index in [0.29, 0.717) is 0 Å². The van der Waals surface area contributed by atoms with E-state index in [-0.39, 0.29) is 0 Å². The van der Waals surface area contributed by atoms with Gasteiger partial charge in [0.2, 0.25) is 0 Å². The second-order valence-electron chi connectivity index (χ2n) is 2.95. The molecule has 1 aromatic rings. The second-order valence-corrected chi connectivity index (χ2v) is 5.36. The molecule has 76 valence electrons. The predicted octanol–water partition coefficient (Wildman–Crippen LogP) is 1.81. The Morgan fingerprint density at radius 1 is 1.47 bits per heavy atom. The highest BCUT2D eigenvalue weighted by Crippen LogP contribution is 2.29. The molecular weight excluding hydrogens is 344 g/mol. The van der Waals surface area contributed by atoms with Crippen LogP contribution < -0.4 is 19.5 Å². The molecule has 0 aromatic heterocycles. The molecule has 0 amide bonds. The van der Waals surface area contributed by atoms with Gasteiger partial charge in [0.15, 0.2) is 0 Å². The third-order valence-corrected chi connectivity index (χ3v) is 4.06. The van der Waals surface area contributed by atoms with Gasteiger partial charge >= 0.3 is 0 Å². The summed E-state index contributed by atoms with van der Waals surface area (Å²) in [5.41, 5.74) is 1.02. The molecule has 1 aromatic carbocycles. The van der Waals surface area contributed by atoms with Crippen LogP contribution in [0, 0.1) is 0 Å². The zero-order chi connectivity index (χ0) is 10.4. The minimum atomic E-state index is 0.923. The molecule has 2 aliphatic heterocycles. The highest BCUT2D eigenvalue weighted by Gasteiger charge is 2.20. The van der Waals surface area contributed by atoms with Crippen molar-refractivity contribution in [1.82, 2.24) is 4.83 Å². The Kier molecular flexibility index (Phi) is 2.26. The molecule has 0 fully saturated rings. The summed E-state index contributed by atoms with van der Waals surface area (Å²) >= 11 is 8.42. The fourth-order valence-corrected chi connectivity index (χ4v) is 3.46. The Labute approximate surface area is 107 Å². The van der Waals surface area contributed by atoms with Gasteiger partial charge in [0, 0.05) is 28.8 Å². The van der Waals surface area contributed by atoms with Gasteiger partial charge in [0.1, 0.15) is 5.36 Å². The molecule has 0 saturated heterocycles. The van der Waals surface area contributed by atoms with Crippen LogP contribution in [0.25, 0.3) is 0 Å². The van der Waals surface area contributed by atoms with Crippen molar-refractivity contribution in [3.8, 4) is 0 Å². The summed E-state index contributed by atoms with van der Waals surface area (Å²) in [6.45, 7) is 0. The molecule has 0 aliphatic carbocycles. The van der Waals surface area contributed by atoms with E-state index in [1.54, 1.807) is 6.20 Å². The number of anilines is 1. The van der Waals surface area contributed by atoms with E-state index >= 15 is 0 Å². The van der Waals surface area contributed by atoms with Gasteiger partial charge in [-0.2, -0.15) is 5.10 Å². The van der Waals surface area contributed by atoms with Gasteiger partial charge in [-0.25, -0.2) is 4.83 Å². The van der Waals surface area contributed by atoms with Crippen LogP contribution in [-0.2, 0) is 0 Å². The van der Waals surface area contributed by atoms with Gasteiger partial charge in [-0.1, -0.05) is 0 Å². The lowest BCUT2D eigenvalue weighted by Crippen LogP contribution is -2.22. The largest absolute Gasteiger partial charge is 0.279 e. The Morgan fingerprint density at radius 2 is 2.33 bits per heavy atom. The highest BCUT2D eigenvalue weighted by atomic mass is 79.9. The summed E-state index contributed by atoms with van der Waals surface area (Å²) in [4.78, 5) is 8.29. The molecule has 0 radical (unpaired) electrons. The molecule has 1 N–H and O–H groups in total. The zero-order valence-electron chi connectivity index (χ0n) is 7.24. The van der Waals surface area contributed by atoms with Gasteiger partial charge in [-0.15, -0.1) is 0 Å². The molecule has 0 saturated carbocycles. The van der Waals surface area contributed by atoms with Crippen molar-refractivity contribution in [2.45, 2.75) is 4.90 Å². The van der Waals surface area contributed by atoms with Crippen LogP contribution in [0.5, 0.6) is 0 Å². The summed E-state index contributed by atoms with van der Waals surface area (Å²) in [5, 5.41) is 6.04. The van der Waals surface area contributed by atoms with E-state index < -0.39 is 0 Å². The molecule has 4 nitrogen and oxygen atoms in total. The lowest BCUT2D eigenvalue weighted by atomic mass is 10.2. The number of nitrogens with zero attached hydrogens (tertiary/aromatic N) is 3. The summed E-state index contributed by atoms with van der Waals surface area (Å²) in [6, 6.07) is 1.96. The van der Waals surface area contributed by atoms with Crippen LogP contribution in [0.4, 0.5) is 5.69 Å². The number of halogens is 2. The number of hydrogen-bond donors (Lipinski definition) is 1. The van der Waals surface area contributed by atoms with Crippen molar-refractivity contribution in [3.63, 3.8) is 0 Å². The maximum absolute atomic E-state index is 4.32. The summed E-state index contributed by atoms with van der Waals surface area (Å²) in [6.07, 6.45) is 3.61. The first-order chi connectivity index (χ1) is 7.27. The number of benzene rings is 1. The fourth-order valence-electron chi connectivity index (χ4n) is 1.46. The van der Waals surface area contributed by atoms with E-state index in [1.807, 2.05) is 16.2 Å². The van der Waals surface area contributed by atoms with Gasteiger partial charge in [0.05, 0.1) is 32.1 Å². The number of rotatable bonds is 0. The average Bonchev–Trinajstić information content (AvgIpc) is 2.66. The summed E-state index contributed by atoms with van der Waals surface area (Å²) < 4.78 is 2.82. The van der Waals surface area contributed by atoms with Crippen molar-refractivity contribution in [3.05, 3.63) is 33.7 Å². The lowest BCUT2D eigenvalue weighted by molar-refractivity contribution is 1.04. The Hall–Kier alpha value is -0.530. The Morgan fingerprint density at radius 3 is 3.20 bits per heavy atom. The van der Waals surface area contributed by atoms with E-state index in [2.05, 4.69) is 47.0 Å². The van der Waals surface area contributed by atoms with Crippen LogP contribution >= 0.6 is 44.0 Å². The minimum Gasteiger partial charge on any atom is -0.279 e. The quantitative estimate of drug-likeness (QED) is 0.574. The molecule has 0 bridgehead atoms. The van der Waals surface area contributed by atoms with Crippen molar-refractivity contribution < 1.29 is 0 Å². The molecule has 2 aliphatic rings. The van der Waals surface area contributed by atoms with Crippen LogP contribution in [0.3, 0.4) is 0 Å². The van der Waals surface area contributed by atoms with Crippen molar-refractivity contribution in [1.29, 1.82) is 0 Å². The number of nitrogens with one attached hydrogen (secondary N) is 1. The third kappa shape index (κ3) is 1.41. The maximum Gasteiger partial charge on any atom is 0.116 e. The SMILES string of the molecule is Brc1cc2c(c3c1=NNS3)N(Br)C=CN=2. The molecule has 0 unspecified atom stereocenters. The van der Waals surface area contributed by atoms with Crippen LogP contribution in [0.2, 0.25) is 0 Å². The van der Waals surface area contributed by atoms with Gasteiger partial charge in [0.25, 0.3) is 0 Å². The van der Waals surface area contributed by atoms with Crippen molar-refractivity contribution >= 4 is 49.7 Å². The van der Waals surface area contributed by atoms with E-state index in [9.17, 15) is 0 Å². The van der Waals surface area contributed by atoms with Crippen molar-refractivity contribution in [2.75, 3.05) is 3.93 Å². The Balaban J connectivity index is 2.45. The lowest BCUT2D eigenvalue weighted by Gasteiger charge is -2.16. The zero-order valence-corrected chi connectivity index (χ0v) is 11.2. The molecule has 7 heteroatoms. The first kappa shape index (κ1) is 9.68. The fraction of sp³-hybridized carbons (Fsp3) is 0. The molecule has 0 atom stereocenters. The van der Waals surface area contributed by atoms with E-state index in [1.165, 1.54) is 11.9 Å². The standard InChI is InChI=1S/C8H4Br2N4S/c9-4-3-5-7(14(10)2-1-11-5)8-6(4)12-13-15-8/h1-3,13H. The molecule has 15 heavy (non-hydrogen) atoms. The van der Waals surface area contributed by atoms with Crippen LogP contribution in [0.15, 0.2) is 37.9 Å². The highest BCUT2D eigenvalue weighted by molar-refractivity contribution is 9.10. The van der Waals surface area contributed by atoms with Gasteiger partial charge in [-0.3, -0.25) is 8.92 Å². The first-order valence-corrected chi connectivity index (χ1v) is 6.41. The van der Waals surface area contributed by atoms with E-state index in [0.717, 1.165) is 25.8 Å². The maximum atomic E-state index is 4.32. The number of hydrogen-bond acceptors (Lipinski definition) is 5. The molecule has 3 rings (SSSR count). The molecule has 0 spiro atoms. The van der Waals surface area contributed by atoms with Crippen LogP contribution in [0.1, 0.15) is 0 Å². The first-order valence-electron chi connectivity index (χ1n) is 4.09. The average molecular weight is 348 g/mol. The predicted molar refractivity (Wildman–Crippen MR) is 66.0 cm³/mol. The van der Waals surface area contributed by atoms with Crippen molar-refractivity contribution in [2.24, 2.45) is 10.1 Å². The monoisotopic (exact) mass is 346 g/mol. The summed E-state index contributed by atoms with van der Waals surface area (Å²) in [7, 11) is 0. The summed E-state index contributed by atoms with van der Waals surface area (Å²) in [5.74, 6) is 0.